The second-order valence-electron chi connectivity index (χ2n) is 5.09. The Bertz CT molecular complexity index is 578. The third-order valence-electron chi connectivity index (χ3n) is 3.49. The van der Waals surface area contributed by atoms with Gasteiger partial charge in [-0.05, 0) is 67.8 Å². The van der Waals surface area contributed by atoms with Crippen LogP contribution in [-0.4, -0.2) is 6.04 Å². The number of hydrogen-bond acceptors (Lipinski definition) is 2. The molecule has 2 aromatic carbocycles. The van der Waals surface area contributed by atoms with Crippen molar-refractivity contribution in [2.45, 2.75) is 25.8 Å². The highest BCUT2D eigenvalue weighted by molar-refractivity contribution is 6.30. The predicted molar refractivity (Wildman–Crippen MR) is 82.6 cm³/mol. The Balaban J connectivity index is 1.80. The van der Waals surface area contributed by atoms with Crippen LogP contribution in [-0.2, 0) is 6.42 Å². The van der Waals surface area contributed by atoms with Crippen molar-refractivity contribution in [3.63, 3.8) is 0 Å². The number of halogens is 1. The molecular weight excluding hydrogens is 256 g/mol. The minimum Gasteiger partial charge on any atom is -0.382 e. The van der Waals surface area contributed by atoms with Crippen LogP contribution >= 0.6 is 11.6 Å². The number of hydrogen-bond donors (Lipinski definition) is 2. The van der Waals surface area contributed by atoms with E-state index in [-0.39, 0.29) is 0 Å². The van der Waals surface area contributed by atoms with Gasteiger partial charge in [-0.1, -0.05) is 11.6 Å². The third kappa shape index (κ3) is 2.85. The van der Waals surface area contributed by atoms with E-state index in [9.17, 15) is 0 Å². The topological polar surface area (TPSA) is 24.1 Å². The number of fused-ring (bicyclic) bond motifs is 1. The van der Waals surface area contributed by atoms with Crippen molar-refractivity contribution in [1.29, 1.82) is 0 Å². The fraction of sp³-hybridized carbons (Fsp3) is 0.250. The first-order valence-electron chi connectivity index (χ1n) is 6.63. The summed E-state index contributed by atoms with van der Waals surface area (Å²) in [5.41, 5.74) is 4.83. The smallest absolute Gasteiger partial charge is 0.0407 e. The Hall–Kier alpha value is -1.67. The van der Waals surface area contributed by atoms with Crippen LogP contribution in [0.5, 0.6) is 0 Å². The zero-order valence-electron chi connectivity index (χ0n) is 10.9. The van der Waals surface area contributed by atoms with Crippen molar-refractivity contribution in [3.8, 4) is 0 Å². The summed E-state index contributed by atoms with van der Waals surface area (Å²) in [6, 6.07) is 14.8. The molecule has 0 bridgehead atoms. The number of anilines is 3. The number of rotatable bonds is 2. The molecule has 98 valence electrons. The molecule has 0 saturated carbocycles. The lowest BCUT2D eigenvalue weighted by molar-refractivity contribution is 0.681. The summed E-state index contributed by atoms with van der Waals surface area (Å²) in [4.78, 5) is 0. The quantitative estimate of drug-likeness (QED) is 0.818. The van der Waals surface area contributed by atoms with Gasteiger partial charge in [0.15, 0.2) is 0 Å². The molecule has 1 heterocycles. The molecule has 0 aliphatic carbocycles. The molecule has 2 nitrogen and oxygen atoms in total. The summed E-state index contributed by atoms with van der Waals surface area (Å²) in [7, 11) is 0. The molecule has 1 aliphatic rings. The van der Waals surface area contributed by atoms with E-state index in [1.807, 2.05) is 24.3 Å². The SMILES string of the molecule is CC1CCc2cc(Nc3ccc(Cl)cc3)ccc2N1. The molecule has 19 heavy (non-hydrogen) atoms. The fourth-order valence-electron chi connectivity index (χ4n) is 2.43. The number of aryl methyl sites for hydroxylation is 1. The molecule has 0 radical (unpaired) electrons. The standard InChI is InChI=1S/C16H17ClN2/c1-11-2-3-12-10-15(8-9-16(12)18-11)19-14-6-4-13(17)5-7-14/h4-11,18-19H,2-3H2,1H3. The number of nitrogens with one attached hydrogen (secondary N) is 2. The average molecular weight is 273 g/mol. The molecule has 0 saturated heterocycles. The van der Waals surface area contributed by atoms with Crippen molar-refractivity contribution in [3.05, 3.63) is 53.1 Å². The summed E-state index contributed by atoms with van der Waals surface area (Å²) in [6.45, 7) is 2.23. The van der Waals surface area contributed by atoms with Crippen LogP contribution in [0.3, 0.4) is 0 Å². The maximum atomic E-state index is 5.89. The minimum atomic E-state index is 0.572. The van der Waals surface area contributed by atoms with Gasteiger partial charge in [-0.15, -0.1) is 0 Å². The summed E-state index contributed by atoms with van der Waals surface area (Å²) in [5.74, 6) is 0. The summed E-state index contributed by atoms with van der Waals surface area (Å²) in [5, 5.41) is 7.68. The van der Waals surface area contributed by atoms with Crippen LogP contribution in [0.25, 0.3) is 0 Å². The lowest BCUT2D eigenvalue weighted by Gasteiger charge is -2.24. The van der Waals surface area contributed by atoms with E-state index in [0.717, 1.165) is 22.8 Å². The van der Waals surface area contributed by atoms with E-state index in [2.05, 4.69) is 35.8 Å². The van der Waals surface area contributed by atoms with Gasteiger partial charge < -0.3 is 10.6 Å². The van der Waals surface area contributed by atoms with Gasteiger partial charge in [-0.25, -0.2) is 0 Å². The van der Waals surface area contributed by atoms with Crippen LogP contribution in [0.4, 0.5) is 17.1 Å². The molecule has 2 N–H and O–H groups in total. The molecule has 0 aromatic heterocycles. The lowest BCUT2D eigenvalue weighted by atomic mass is 9.98. The highest BCUT2D eigenvalue weighted by Crippen LogP contribution is 2.29. The molecule has 1 atom stereocenters. The Morgan fingerprint density at radius 2 is 1.84 bits per heavy atom. The second kappa shape index (κ2) is 5.14. The van der Waals surface area contributed by atoms with E-state index in [1.54, 1.807) is 0 Å². The van der Waals surface area contributed by atoms with Crippen LogP contribution in [0.2, 0.25) is 5.02 Å². The predicted octanol–water partition coefficient (Wildman–Crippen LogP) is 4.83. The molecule has 0 fully saturated rings. The van der Waals surface area contributed by atoms with Gasteiger partial charge in [0.2, 0.25) is 0 Å². The Morgan fingerprint density at radius 3 is 2.63 bits per heavy atom. The number of benzene rings is 2. The Morgan fingerprint density at radius 1 is 1.11 bits per heavy atom. The van der Waals surface area contributed by atoms with Crippen molar-refractivity contribution >= 4 is 28.7 Å². The lowest BCUT2D eigenvalue weighted by Crippen LogP contribution is -2.21. The van der Waals surface area contributed by atoms with Gasteiger partial charge in [0.1, 0.15) is 0 Å². The molecule has 0 amide bonds. The zero-order valence-corrected chi connectivity index (χ0v) is 11.7. The Kier molecular flexibility index (Phi) is 3.34. The van der Waals surface area contributed by atoms with Crippen LogP contribution < -0.4 is 10.6 Å². The van der Waals surface area contributed by atoms with E-state index in [4.69, 9.17) is 11.6 Å². The summed E-state index contributed by atoms with van der Waals surface area (Å²) < 4.78 is 0. The summed E-state index contributed by atoms with van der Waals surface area (Å²) in [6.07, 6.45) is 2.33. The van der Waals surface area contributed by atoms with E-state index >= 15 is 0 Å². The second-order valence-corrected chi connectivity index (χ2v) is 5.52. The maximum Gasteiger partial charge on any atom is 0.0407 e. The average Bonchev–Trinajstić information content (AvgIpc) is 2.42. The van der Waals surface area contributed by atoms with E-state index in [0.29, 0.717) is 6.04 Å². The summed E-state index contributed by atoms with van der Waals surface area (Å²) >= 11 is 5.89. The zero-order chi connectivity index (χ0) is 13.2. The first kappa shape index (κ1) is 12.4. The molecule has 0 spiro atoms. The third-order valence-corrected chi connectivity index (χ3v) is 3.74. The van der Waals surface area contributed by atoms with E-state index in [1.165, 1.54) is 17.7 Å². The molecular formula is C16H17ClN2. The van der Waals surface area contributed by atoms with Crippen LogP contribution in [0, 0.1) is 0 Å². The largest absolute Gasteiger partial charge is 0.382 e. The van der Waals surface area contributed by atoms with Crippen molar-refractivity contribution in [2.75, 3.05) is 10.6 Å². The van der Waals surface area contributed by atoms with Crippen LogP contribution in [0.1, 0.15) is 18.9 Å². The minimum absolute atomic E-state index is 0.572. The first-order valence-corrected chi connectivity index (χ1v) is 7.00. The normalized spacial score (nSPS) is 17.5. The molecule has 3 rings (SSSR count). The van der Waals surface area contributed by atoms with Crippen molar-refractivity contribution in [2.24, 2.45) is 0 Å². The molecule has 2 aromatic rings. The van der Waals surface area contributed by atoms with Gasteiger partial charge in [0.25, 0.3) is 0 Å². The van der Waals surface area contributed by atoms with Gasteiger partial charge in [-0.2, -0.15) is 0 Å². The fourth-order valence-corrected chi connectivity index (χ4v) is 2.55. The Labute approximate surface area is 118 Å². The van der Waals surface area contributed by atoms with Gasteiger partial charge in [-0.3, -0.25) is 0 Å². The highest BCUT2D eigenvalue weighted by atomic mass is 35.5. The monoisotopic (exact) mass is 272 g/mol. The van der Waals surface area contributed by atoms with Crippen LogP contribution in [0.15, 0.2) is 42.5 Å². The van der Waals surface area contributed by atoms with Crippen molar-refractivity contribution in [1.82, 2.24) is 0 Å². The highest BCUT2D eigenvalue weighted by Gasteiger charge is 2.13. The van der Waals surface area contributed by atoms with Gasteiger partial charge in [0, 0.05) is 28.1 Å². The van der Waals surface area contributed by atoms with Gasteiger partial charge in [0.05, 0.1) is 0 Å². The maximum absolute atomic E-state index is 5.89. The first-order chi connectivity index (χ1) is 9.20. The van der Waals surface area contributed by atoms with Gasteiger partial charge >= 0.3 is 0 Å². The van der Waals surface area contributed by atoms with E-state index < -0.39 is 0 Å². The van der Waals surface area contributed by atoms with Crippen molar-refractivity contribution < 1.29 is 0 Å². The molecule has 1 unspecified atom stereocenters. The molecule has 1 aliphatic heterocycles. The molecule has 3 heteroatoms.